The van der Waals surface area contributed by atoms with Gasteiger partial charge in [0.25, 0.3) is 11.8 Å². The van der Waals surface area contributed by atoms with Gasteiger partial charge in [-0.3, -0.25) is 33.6 Å². The summed E-state index contributed by atoms with van der Waals surface area (Å²) in [6.45, 7) is 2.94. The minimum Gasteiger partial charge on any atom is -0.452 e. The average Bonchev–Trinajstić information content (AvgIpc) is 3.85. The third kappa shape index (κ3) is 6.53. The molecule has 1 aromatic rings. The quantitative estimate of drug-likeness (QED) is 0.219. The number of amides is 5. The predicted molar refractivity (Wildman–Crippen MR) is 157 cm³/mol. The standard InChI is InChI=1S/C30H34FN5O10S/c1-2-17-11-30(17,28(41)34-47(43,44)19-6-7-19)33-26(39)22-10-18(45-29(42)35-13-16-4-3-5-21(31)20(16)15-35)14-36(22)24(37)12-32-27(40)23-8-9-25(38)46-23/h2-5,17-19,22-23H,1,6-15H2,(H,32,40)(H,33,39)(H,34,41)/t17?,18?,22-,23-,30?/m0/s1. The highest BCUT2D eigenvalue weighted by molar-refractivity contribution is 7.91. The predicted octanol–water partition coefficient (Wildman–Crippen LogP) is -0.261. The number of carbonyl (C=O) groups is 6. The van der Waals surface area contributed by atoms with Crippen molar-refractivity contribution in [1.82, 2.24) is 25.2 Å². The highest BCUT2D eigenvalue weighted by Gasteiger charge is 2.62. The summed E-state index contributed by atoms with van der Waals surface area (Å²) in [4.78, 5) is 79.6. The van der Waals surface area contributed by atoms with Gasteiger partial charge < -0.3 is 25.0 Å². The zero-order valence-corrected chi connectivity index (χ0v) is 26.1. The molecule has 4 fully saturated rings. The smallest absolute Gasteiger partial charge is 0.410 e. The molecule has 2 saturated heterocycles. The Labute approximate surface area is 269 Å². The molecule has 3 N–H and O–H groups in total. The largest absolute Gasteiger partial charge is 0.452 e. The van der Waals surface area contributed by atoms with Crippen molar-refractivity contribution in [3.8, 4) is 0 Å². The van der Waals surface area contributed by atoms with Gasteiger partial charge in [-0.05, 0) is 30.9 Å². The minimum absolute atomic E-state index is 0.0256. The van der Waals surface area contributed by atoms with Gasteiger partial charge in [-0.15, -0.1) is 6.58 Å². The van der Waals surface area contributed by atoms with Crippen molar-refractivity contribution in [2.45, 2.75) is 80.7 Å². The van der Waals surface area contributed by atoms with Crippen molar-refractivity contribution in [3.05, 3.63) is 47.8 Å². The van der Waals surface area contributed by atoms with Crippen LogP contribution in [0.5, 0.6) is 0 Å². The number of rotatable bonds is 10. The molecular weight excluding hydrogens is 641 g/mol. The molecule has 252 valence electrons. The average molecular weight is 676 g/mol. The summed E-state index contributed by atoms with van der Waals surface area (Å²) in [5, 5.41) is 4.34. The van der Waals surface area contributed by atoms with Gasteiger partial charge in [0.2, 0.25) is 21.8 Å². The molecule has 1 aromatic carbocycles. The van der Waals surface area contributed by atoms with Gasteiger partial charge in [-0.2, -0.15) is 0 Å². The van der Waals surface area contributed by atoms with E-state index in [2.05, 4.69) is 21.9 Å². The number of nitrogens with one attached hydrogen (secondary N) is 3. The van der Waals surface area contributed by atoms with Crippen molar-refractivity contribution < 1.29 is 51.0 Å². The molecule has 5 amide bonds. The zero-order chi connectivity index (χ0) is 33.7. The number of cyclic esters (lactones) is 1. The van der Waals surface area contributed by atoms with Crippen LogP contribution in [0, 0.1) is 11.7 Å². The topological polar surface area (TPSA) is 198 Å². The van der Waals surface area contributed by atoms with Crippen LogP contribution in [0.4, 0.5) is 9.18 Å². The summed E-state index contributed by atoms with van der Waals surface area (Å²) < 4.78 is 51.9. The summed E-state index contributed by atoms with van der Waals surface area (Å²) >= 11 is 0. The van der Waals surface area contributed by atoms with Crippen LogP contribution < -0.4 is 15.4 Å². The van der Waals surface area contributed by atoms with Crippen molar-refractivity contribution in [2.24, 2.45) is 5.92 Å². The van der Waals surface area contributed by atoms with E-state index in [0.29, 0.717) is 24.0 Å². The summed E-state index contributed by atoms with van der Waals surface area (Å²) in [5.74, 6) is -4.70. The van der Waals surface area contributed by atoms with E-state index in [9.17, 15) is 41.6 Å². The molecule has 47 heavy (non-hydrogen) atoms. The van der Waals surface area contributed by atoms with Gasteiger partial charge in [0, 0.05) is 37.3 Å². The zero-order valence-electron chi connectivity index (χ0n) is 25.2. The number of fused-ring (bicyclic) bond motifs is 1. The highest BCUT2D eigenvalue weighted by Crippen LogP contribution is 2.45. The van der Waals surface area contributed by atoms with Crippen LogP contribution in [0.3, 0.4) is 0 Å². The van der Waals surface area contributed by atoms with Gasteiger partial charge in [0.1, 0.15) is 23.5 Å². The Morgan fingerprint density at radius 3 is 2.53 bits per heavy atom. The fourth-order valence-electron chi connectivity index (χ4n) is 6.24. The van der Waals surface area contributed by atoms with Crippen LogP contribution in [0.25, 0.3) is 0 Å². The molecule has 0 bridgehead atoms. The van der Waals surface area contributed by atoms with E-state index < -0.39 is 93.0 Å². The summed E-state index contributed by atoms with van der Waals surface area (Å²) in [7, 11) is -3.93. The second kappa shape index (κ2) is 12.2. The van der Waals surface area contributed by atoms with Crippen molar-refractivity contribution in [3.63, 3.8) is 0 Å². The van der Waals surface area contributed by atoms with E-state index in [-0.39, 0.29) is 45.3 Å². The van der Waals surface area contributed by atoms with Crippen molar-refractivity contribution in [2.75, 3.05) is 13.1 Å². The van der Waals surface area contributed by atoms with E-state index >= 15 is 0 Å². The van der Waals surface area contributed by atoms with E-state index in [1.165, 1.54) is 23.1 Å². The van der Waals surface area contributed by atoms with Crippen molar-refractivity contribution in [1.29, 1.82) is 0 Å². The van der Waals surface area contributed by atoms with Crippen molar-refractivity contribution >= 4 is 45.7 Å². The lowest BCUT2D eigenvalue weighted by atomic mass is 10.1. The third-order valence-corrected chi connectivity index (χ3v) is 11.0. The molecule has 17 heteroatoms. The lowest BCUT2D eigenvalue weighted by Crippen LogP contribution is -2.57. The first-order valence-corrected chi connectivity index (χ1v) is 16.8. The molecular formula is C30H34FN5O10S. The number of ether oxygens (including phenoxy) is 2. The molecule has 6 rings (SSSR count). The fourth-order valence-corrected chi connectivity index (χ4v) is 7.61. The van der Waals surface area contributed by atoms with Crippen LogP contribution in [-0.4, -0.2) is 96.0 Å². The number of benzene rings is 1. The fraction of sp³-hybridized carbons (Fsp3) is 0.533. The molecule has 2 saturated carbocycles. The number of nitrogens with zero attached hydrogens (tertiary/aromatic N) is 2. The van der Waals surface area contributed by atoms with E-state index in [1.54, 1.807) is 6.07 Å². The summed E-state index contributed by atoms with van der Waals surface area (Å²) in [6.07, 6.45) is -0.442. The molecule has 2 aliphatic carbocycles. The molecule has 0 aromatic heterocycles. The van der Waals surface area contributed by atoms with Gasteiger partial charge in [0.05, 0.1) is 24.9 Å². The van der Waals surface area contributed by atoms with E-state index in [0.717, 1.165) is 4.90 Å². The maximum absolute atomic E-state index is 14.3. The Balaban J connectivity index is 1.15. The SMILES string of the molecule is C=CC1CC1(NC(=O)[C@@H]1CC(OC(=O)N2Cc3cccc(F)c3C2)CN1C(=O)CNC(=O)[C@@H]1CCC(=O)O1)C(=O)NS(=O)(=O)C1CC1. The Kier molecular flexibility index (Phi) is 8.44. The molecule has 15 nitrogen and oxygen atoms in total. The summed E-state index contributed by atoms with van der Waals surface area (Å²) in [6, 6.07) is 3.25. The number of hydrogen-bond acceptors (Lipinski definition) is 10. The number of hydrogen-bond donors (Lipinski definition) is 3. The van der Waals surface area contributed by atoms with Gasteiger partial charge in [-0.25, -0.2) is 17.6 Å². The molecule has 5 aliphatic rings. The molecule has 3 heterocycles. The Bertz CT molecular complexity index is 1670. The number of likely N-dealkylation sites (tertiary alicyclic amines) is 1. The van der Waals surface area contributed by atoms with E-state index in [4.69, 9.17) is 9.47 Å². The van der Waals surface area contributed by atoms with E-state index in [1.807, 2.05) is 0 Å². The Hall–Kier alpha value is -4.54. The molecule has 3 unspecified atom stereocenters. The maximum atomic E-state index is 14.3. The molecule has 0 spiro atoms. The Morgan fingerprint density at radius 2 is 1.89 bits per heavy atom. The lowest BCUT2D eigenvalue weighted by Gasteiger charge is -2.26. The number of sulfonamides is 1. The maximum Gasteiger partial charge on any atom is 0.410 e. The number of carbonyl (C=O) groups excluding carboxylic acids is 6. The number of esters is 1. The molecule has 5 atom stereocenters. The van der Waals surface area contributed by atoms with Gasteiger partial charge in [0.15, 0.2) is 6.10 Å². The monoisotopic (exact) mass is 675 g/mol. The molecule has 3 aliphatic heterocycles. The minimum atomic E-state index is -3.93. The first-order valence-electron chi connectivity index (χ1n) is 15.3. The van der Waals surface area contributed by atoms with Gasteiger partial charge in [-0.1, -0.05) is 18.2 Å². The highest BCUT2D eigenvalue weighted by atomic mass is 32.2. The third-order valence-electron chi connectivity index (χ3n) is 9.18. The normalized spacial score (nSPS) is 27.8. The second-order valence-corrected chi connectivity index (χ2v) is 14.4. The van der Waals surface area contributed by atoms with Crippen LogP contribution >= 0.6 is 0 Å². The second-order valence-electron chi connectivity index (χ2n) is 12.5. The molecule has 0 radical (unpaired) electrons. The van der Waals surface area contributed by atoms with Crippen LogP contribution in [0.1, 0.15) is 49.7 Å². The first-order chi connectivity index (χ1) is 22.3. The first kappa shape index (κ1) is 32.4. The van der Waals surface area contributed by atoms with Crippen LogP contribution in [0.2, 0.25) is 0 Å². The number of halogens is 1. The van der Waals surface area contributed by atoms with Crippen LogP contribution in [0.15, 0.2) is 30.9 Å². The summed E-state index contributed by atoms with van der Waals surface area (Å²) in [5.41, 5.74) is -0.627. The van der Waals surface area contributed by atoms with Crippen LogP contribution in [-0.2, 0) is 56.6 Å². The lowest BCUT2D eigenvalue weighted by molar-refractivity contribution is -0.148. The Morgan fingerprint density at radius 1 is 1.13 bits per heavy atom. The van der Waals surface area contributed by atoms with Gasteiger partial charge >= 0.3 is 12.1 Å².